The maximum Gasteiger partial charge on any atom is 0.220 e. The van der Waals surface area contributed by atoms with Gasteiger partial charge in [0.05, 0.1) is 5.75 Å². The number of rotatable bonds is 9. The largest absolute Gasteiger partial charge is 0.355 e. The van der Waals surface area contributed by atoms with E-state index in [9.17, 15) is 4.79 Å². The fraction of sp³-hybridized carbons (Fsp3) is 0.769. The van der Waals surface area contributed by atoms with Gasteiger partial charge in [0, 0.05) is 18.7 Å². The molecule has 0 aliphatic carbocycles. The number of hydrogen-bond donors (Lipinski definition) is 2. The average Bonchev–Trinajstić information content (AvgIpc) is 2.26. The second-order valence-electron chi connectivity index (χ2n) is 4.81. The van der Waals surface area contributed by atoms with Gasteiger partial charge in [0.2, 0.25) is 5.91 Å². The van der Waals surface area contributed by atoms with Crippen LogP contribution in [-0.2, 0) is 4.79 Å². The minimum atomic E-state index is 0.122. The quantitative estimate of drug-likeness (QED) is 0.487. The summed E-state index contributed by atoms with van der Waals surface area (Å²) in [5.41, 5.74) is 5.69. The van der Waals surface area contributed by atoms with Gasteiger partial charge in [-0.05, 0) is 24.8 Å². The minimum absolute atomic E-state index is 0.122. The van der Waals surface area contributed by atoms with Crippen LogP contribution in [0.15, 0.2) is 0 Å². The fourth-order valence-electron chi connectivity index (χ4n) is 1.45. The molecule has 98 valence electrons. The highest BCUT2D eigenvalue weighted by molar-refractivity contribution is 7.99. The van der Waals surface area contributed by atoms with E-state index in [1.807, 2.05) is 0 Å². The number of hydrogen-bond acceptors (Lipinski definition) is 3. The van der Waals surface area contributed by atoms with Gasteiger partial charge >= 0.3 is 0 Å². The first-order valence-electron chi connectivity index (χ1n) is 6.00. The first-order valence-corrected chi connectivity index (χ1v) is 7.15. The molecule has 0 heterocycles. The van der Waals surface area contributed by atoms with Crippen LogP contribution in [0.5, 0.6) is 0 Å². The molecule has 0 aromatic carbocycles. The molecule has 0 bridgehead atoms. The zero-order valence-electron chi connectivity index (χ0n) is 10.9. The Balaban J connectivity index is 3.56. The third-order valence-corrected chi connectivity index (χ3v) is 3.47. The van der Waals surface area contributed by atoms with E-state index in [1.54, 1.807) is 11.8 Å². The van der Waals surface area contributed by atoms with Gasteiger partial charge in [-0.2, -0.15) is 0 Å². The third kappa shape index (κ3) is 10.2. The Kier molecular flexibility index (Phi) is 9.01. The van der Waals surface area contributed by atoms with E-state index in [-0.39, 0.29) is 11.3 Å². The smallest absolute Gasteiger partial charge is 0.220 e. The van der Waals surface area contributed by atoms with Crippen molar-refractivity contribution in [3.8, 4) is 12.3 Å². The number of nitrogens with two attached hydrogens (primary N) is 1. The van der Waals surface area contributed by atoms with E-state index in [0.29, 0.717) is 25.3 Å². The lowest BCUT2D eigenvalue weighted by Crippen LogP contribution is -2.27. The van der Waals surface area contributed by atoms with Crippen molar-refractivity contribution in [3.63, 3.8) is 0 Å². The Hall–Kier alpha value is -0.660. The van der Waals surface area contributed by atoms with Crippen LogP contribution in [0.4, 0.5) is 0 Å². The zero-order chi connectivity index (χ0) is 13.1. The van der Waals surface area contributed by atoms with Crippen molar-refractivity contribution >= 4 is 17.7 Å². The number of carbonyl (C=O) groups excluding carboxylic acids is 1. The Morgan fingerprint density at radius 2 is 2.18 bits per heavy atom. The highest BCUT2D eigenvalue weighted by Gasteiger charge is 2.17. The van der Waals surface area contributed by atoms with Crippen molar-refractivity contribution < 1.29 is 4.79 Å². The van der Waals surface area contributed by atoms with E-state index >= 15 is 0 Å². The van der Waals surface area contributed by atoms with Crippen molar-refractivity contribution in [2.45, 2.75) is 33.1 Å². The van der Waals surface area contributed by atoms with Gasteiger partial charge in [-0.3, -0.25) is 4.79 Å². The second kappa shape index (κ2) is 9.38. The topological polar surface area (TPSA) is 55.1 Å². The molecule has 0 rings (SSSR count). The van der Waals surface area contributed by atoms with Gasteiger partial charge in [0.15, 0.2) is 0 Å². The number of nitrogens with one attached hydrogen (secondary N) is 1. The summed E-state index contributed by atoms with van der Waals surface area (Å²) in [6, 6.07) is 0. The van der Waals surface area contributed by atoms with E-state index in [1.165, 1.54) is 0 Å². The Bertz CT molecular complexity index is 259. The lowest BCUT2D eigenvalue weighted by molar-refractivity contribution is -0.121. The first kappa shape index (κ1) is 16.3. The van der Waals surface area contributed by atoms with Gasteiger partial charge < -0.3 is 11.1 Å². The number of carbonyl (C=O) groups is 1. The zero-order valence-corrected chi connectivity index (χ0v) is 11.7. The summed E-state index contributed by atoms with van der Waals surface area (Å²) in [5.74, 6) is 4.26. The SMILES string of the molecule is C#CCSCCNC(=O)CCC(C)(C)CCN. The highest BCUT2D eigenvalue weighted by atomic mass is 32.2. The Morgan fingerprint density at radius 1 is 1.47 bits per heavy atom. The first-order chi connectivity index (χ1) is 8.02. The van der Waals surface area contributed by atoms with Crippen LogP contribution in [0.3, 0.4) is 0 Å². The van der Waals surface area contributed by atoms with E-state index in [0.717, 1.165) is 18.6 Å². The van der Waals surface area contributed by atoms with E-state index in [4.69, 9.17) is 12.2 Å². The van der Waals surface area contributed by atoms with Gasteiger partial charge in [0.25, 0.3) is 0 Å². The summed E-state index contributed by atoms with van der Waals surface area (Å²) in [4.78, 5) is 11.5. The van der Waals surface area contributed by atoms with Gasteiger partial charge in [0.1, 0.15) is 0 Å². The molecule has 0 aliphatic rings. The molecule has 4 heteroatoms. The van der Waals surface area contributed by atoms with Crippen molar-refractivity contribution in [2.24, 2.45) is 11.1 Å². The molecule has 0 aromatic heterocycles. The van der Waals surface area contributed by atoms with Crippen LogP contribution < -0.4 is 11.1 Å². The van der Waals surface area contributed by atoms with Crippen molar-refractivity contribution in [1.29, 1.82) is 0 Å². The molecule has 3 nitrogen and oxygen atoms in total. The Labute approximate surface area is 109 Å². The van der Waals surface area contributed by atoms with Crippen LogP contribution >= 0.6 is 11.8 Å². The predicted octanol–water partition coefficient (Wildman–Crippen LogP) is 1.62. The van der Waals surface area contributed by atoms with Crippen molar-refractivity contribution in [3.05, 3.63) is 0 Å². The summed E-state index contributed by atoms with van der Waals surface area (Å²) >= 11 is 1.66. The van der Waals surface area contributed by atoms with Crippen LogP contribution in [0.25, 0.3) is 0 Å². The lowest BCUT2D eigenvalue weighted by atomic mass is 9.84. The van der Waals surface area contributed by atoms with Crippen LogP contribution in [0, 0.1) is 17.8 Å². The Morgan fingerprint density at radius 3 is 2.76 bits per heavy atom. The minimum Gasteiger partial charge on any atom is -0.355 e. The fourth-order valence-corrected chi connectivity index (χ4v) is 1.96. The molecule has 3 N–H and O–H groups in total. The van der Waals surface area contributed by atoms with E-state index < -0.39 is 0 Å². The molecular formula is C13H24N2OS. The summed E-state index contributed by atoms with van der Waals surface area (Å²) in [7, 11) is 0. The molecule has 0 radical (unpaired) electrons. The molecule has 0 saturated carbocycles. The molecule has 0 spiro atoms. The van der Waals surface area contributed by atoms with Crippen molar-refractivity contribution in [2.75, 3.05) is 24.6 Å². The van der Waals surface area contributed by atoms with Crippen LogP contribution in [0.2, 0.25) is 0 Å². The number of amides is 1. The normalized spacial score (nSPS) is 10.9. The standard InChI is InChI=1S/C13H24N2OS/c1-4-10-17-11-9-15-12(16)5-6-13(2,3)7-8-14/h1H,5-11,14H2,2-3H3,(H,15,16). The predicted molar refractivity (Wildman–Crippen MR) is 75.9 cm³/mol. The number of thioether (sulfide) groups is 1. The monoisotopic (exact) mass is 256 g/mol. The van der Waals surface area contributed by atoms with E-state index in [2.05, 4.69) is 25.1 Å². The lowest BCUT2D eigenvalue weighted by Gasteiger charge is -2.23. The molecule has 0 atom stereocenters. The van der Waals surface area contributed by atoms with Crippen LogP contribution in [0.1, 0.15) is 33.1 Å². The molecule has 0 aliphatic heterocycles. The molecule has 0 aromatic rings. The molecular weight excluding hydrogens is 232 g/mol. The maximum atomic E-state index is 11.5. The molecule has 0 fully saturated rings. The summed E-state index contributed by atoms with van der Waals surface area (Å²) in [5, 5.41) is 2.90. The second-order valence-corrected chi connectivity index (χ2v) is 5.91. The molecule has 17 heavy (non-hydrogen) atoms. The average molecular weight is 256 g/mol. The molecule has 0 saturated heterocycles. The van der Waals surface area contributed by atoms with Crippen LogP contribution in [-0.4, -0.2) is 30.5 Å². The summed E-state index contributed by atoms with van der Waals surface area (Å²) < 4.78 is 0. The molecule has 1 amide bonds. The molecule has 0 unspecified atom stereocenters. The van der Waals surface area contributed by atoms with Gasteiger partial charge in [-0.15, -0.1) is 18.2 Å². The van der Waals surface area contributed by atoms with Gasteiger partial charge in [-0.1, -0.05) is 19.8 Å². The number of terminal acetylenes is 1. The maximum absolute atomic E-state index is 11.5. The summed E-state index contributed by atoms with van der Waals surface area (Å²) in [6.45, 7) is 5.67. The van der Waals surface area contributed by atoms with Crippen molar-refractivity contribution in [1.82, 2.24) is 5.32 Å². The highest BCUT2D eigenvalue weighted by Crippen LogP contribution is 2.25. The summed E-state index contributed by atoms with van der Waals surface area (Å²) in [6.07, 6.45) is 7.54. The third-order valence-electron chi connectivity index (χ3n) is 2.60. The van der Waals surface area contributed by atoms with Gasteiger partial charge in [-0.25, -0.2) is 0 Å².